The van der Waals surface area contributed by atoms with Crippen LogP contribution < -0.4 is 11.6 Å². The molecule has 0 aromatic carbocycles. The number of rotatable bonds is 5. The van der Waals surface area contributed by atoms with Gasteiger partial charge in [-0.05, 0) is 20.8 Å². The average Bonchev–Trinajstić information content (AvgIpc) is 2.28. The molecular weight excluding hydrogens is 218 g/mol. The molecule has 0 spiro atoms. The standard InChI is InChI=1S/C10H18N5Si/c1-4-13-7(2)9(5-11)6-14-8(3)10(16)15-12/h5H,4,6,11-12H2,1-3H3. The van der Waals surface area contributed by atoms with Crippen LogP contribution in [0.15, 0.2) is 26.9 Å². The highest BCUT2D eigenvalue weighted by Crippen LogP contribution is 1.98. The van der Waals surface area contributed by atoms with Gasteiger partial charge in [-0.15, -0.1) is 0 Å². The molecule has 0 saturated carbocycles. The maximum absolute atomic E-state index is 5.52. The van der Waals surface area contributed by atoms with E-state index in [9.17, 15) is 0 Å². The molecule has 0 aliphatic heterocycles. The summed E-state index contributed by atoms with van der Waals surface area (Å²) in [5.74, 6) is 5.11. The summed E-state index contributed by atoms with van der Waals surface area (Å²) in [7, 11) is 3.25. The maximum atomic E-state index is 5.52. The van der Waals surface area contributed by atoms with Crippen LogP contribution in [0.1, 0.15) is 20.8 Å². The van der Waals surface area contributed by atoms with Crippen LogP contribution in [0.4, 0.5) is 0 Å². The molecule has 0 unspecified atom stereocenters. The van der Waals surface area contributed by atoms with Crippen molar-refractivity contribution in [1.82, 2.24) is 0 Å². The predicted molar refractivity (Wildman–Crippen MR) is 71.3 cm³/mol. The van der Waals surface area contributed by atoms with Crippen LogP contribution in [0, 0.1) is 0 Å². The molecule has 0 aromatic rings. The molecule has 0 heterocycles. The van der Waals surface area contributed by atoms with Crippen molar-refractivity contribution < 1.29 is 0 Å². The van der Waals surface area contributed by atoms with E-state index >= 15 is 0 Å². The minimum Gasteiger partial charge on any atom is -0.404 e. The number of hydrogen-bond acceptors (Lipinski definition) is 5. The molecule has 0 rings (SSSR count). The lowest BCUT2D eigenvalue weighted by molar-refractivity contribution is 1.10. The zero-order chi connectivity index (χ0) is 12.6. The Labute approximate surface area is 99.8 Å². The molecule has 16 heavy (non-hydrogen) atoms. The molecular formula is C10H18N5Si. The van der Waals surface area contributed by atoms with Crippen LogP contribution in [0.2, 0.25) is 0 Å². The molecule has 0 saturated heterocycles. The molecule has 0 fully saturated rings. The summed E-state index contributed by atoms with van der Waals surface area (Å²) >= 11 is 0. The highest BCUT2D eigenvalue weighted by molar-refractivity contribution is 6.79. The summed E-state index contributed by atoms with van der Waals surface area (Å²) in [6.45, 7) is 6.92. The van der Waals surface area contributed by atoms with Crippen LogP contribution in [-0.4, -0.2) is 40.1 Å². The Morgan fingerprint density at radius 2 is 1.88 bits per heavy atom. The first-order valence-corrected chi connectivity index (χ1v) is 5.49. The van der Waals surface area contributed by atoms with Gasteiger partial charge in [0.2, 0.25) is 0 Å². The number of hydrazone groups is 1. The lowest BCUT2D eigenvalue weighted by Gasteiger charge is -2.04. The number of hydrogen-bond donors (Lipinski definition) is 2. The topological polar surface area (TPSA) is 89.1 Å². The first-order chi connectivity index (χ1) is 7.56. The average molecular weight is 236 g/mol. The first-order valence-electron chi connectivity index (χ1n) is 4.99. The summed E-state index contributed by atoms with van der Waals surface area (Å²) in [5.41, 5.74) is 8.05. The monoisotopic (exact) mass is 236 g/mol. The molecule has 3 radical (unpaired) electrons. The van der Waals surface area contributed by atoms with Gasteiger partial charge in [0.15, 0.2) is 0 Å². The molecule has 4 N–H and O–H groups in total. The highest BCUT2D eigenvalue weighted by atomic mass is 28.1. The molecule has 0 aromatic heterocycles. The normalized spacial score (nSPS) is 15.5. The van der Waals surface area contributed by atoms with Crippen LogP contribution in [-0.2, 0) is 0 Å². The van der Waals surface area contributed by atoms with E-state index in [1.807, 2.05) is 20.8 Å². The van der Waals surface area contributed by atoms with Crippen LogP contribution in [0.3, 0.4) is 0 Å². The zero-order valence-electron chi connectivity index (χ0n) is 9.99. The third kappa shape index (κ3) is 4.88. The lowest BCUT2D eigenvalue weighted by Crippen LogP contribution is -2.14. The number of nitrogens with two attached hydrogens (primary N) is 2. The molecule has 0 bridgehead atoms. The van der Waals surface area contributed by atoms with Gasteiger partial charge in [0.25, 0.3) is 0 Å². The van der Waals surface area contributed by atoms with Crippen molar-refractivity contribution in [2.45, 2.75) is 20.8 Å². The van der Waals surface area contributed by atoms with Gasteiger partial charge in [-0.25, -0.2) is 0 Å². The third-order valence-electron chi connectivity index (χ3n) is 2.02. The Bertz CT molecular complexity index is 341. The smallest absolute Gasteiger partial charge is 0.105 e. The zero-order valence-corrected chi connectivity index (χ0v) is 11.0. The number of nitrogens with zero attached hydrogens (tertiary/aromatic N) is 3. The van der Waals surface area contributed by atoms with E-state index in [0.29, 0.717) is 11.9 Å². The van der Waals surface area contributed by atoms with Gasteiger partial charge in [0.05, 0.1) is 11.9 Å². The highest BCUT2D eigenvalue weighted by Gasteiger charge is 2.01. The van der Waals surface area contributed by atoms with Crippen molar-refractivity contribution in [3.63, 3.8) is 0 Å². The Morgan fingerprint density at radius 3 is 2.31 bits per heavy atom. The van der Waals surface area contributed by atoms with Crippen LogP contribution >= 0.6 is 0 Å². The van der Waals surface area contributed by atoms with Gasteiger partial charge >= 0.3 is 0 Å². The van der Waals surface area contributed by atoms with E-state index in [1.54, 1.807) is 0 Å². The van der Waals surface area contributed by atoms with Crippen molar-refractivity contribution in [3.8, 4) is 0 Å². The SMILES string of the molecule is CCN=C(C)C(=CN)CN=C(C)C([Si])=NN. The molecule has 5 nitrogen and oxygen atoms in total. The van der Waals surface area contributed by atoms with E-state index in [2.05, 4.69) is 25.3 Å². The van der Waals surface area contributed by atoms with Gasteiger partial charge in [-0.1, -0.05) is 0 Å². The second kappa shape index (κ2) is 7.81. The van der Waals surface area contributed by atoms with Gasteiger partial charge in [-0.3, -0.25) is 9.98 Å². The van der Waals surface area contributed by atoms with E-state index in [0.717, 1.165) is 23.5 Å². The minimum atomic E-state index is 0.473. The fourth-order valence-corrected chi connectivity index (χ4v) is 1.08. The number of aliphatic imine (C=N–C) groups is 2. The Balaban J connectivity index is 4.67. The van der Waals surface area contributed by atoms with E-state index in [-0.39, 0.29) is 0 Å². The summed E-state index contributed by atoms with van der Waals surface area (Å²) in [5, 5.41) is 4.02. The van der Waals surface area contributed by atoms with Crippen molar-refractivity contribution in [1.29, 1.82) is 0 Å². The minimum absolute atomic E-state index is 0.473. The summed E-state index contributed by atoms with van der Waals surface area (Å²) in [6.07, 6.45) is 1.53. The van der Waals surface area contributed by atoms with Crippen LogP contribution in [0.25, 0.3) is 0 Å². The van der Waals surface area contributed by atoms with E-state index < -0.39 is 0 Å². The van der Waals surface area contributed by atoms with E-state index in [1.165, 1.54) is 6.20 Å². The molecule has 6 heteroatoms. The molecule has 0 aliphatic rings. The molecule has 0 amide bonds. The summed E-state index contributed by atoms with van der Waals surface area (Å²) in [4.78, 5) is 8.57. The second-order valence-corrected chi connectivity index (χ2v) is 3.60. The van der Waals surface area contributed by atoms with Gasteiger partial charge < -0.3 is 11.6 Å². The van der Waals surface area contributed by atoms with Crippen molar-refractivity contribution in [2.75, 3.05) is 13.1 Å². The maximum Gasteiger partial charge on any atom is 0.105 e. The largest absolute Gasteiger partial charge is 0.404 e. The predicted octanol–water partition coefficient (Wildman–Crippen LogP) is 0.211. The van der Waals surface area contributed by atoms with Gasteiger partial charge in [-0.2, -0.15) is 5.10 Å². The Hall–Kier alpha value is -1.43. The Kier molecular flexibility index (Phi) is 7.11. The second-order valence-electron chi connectivity index (χ2n) is 3.13. The van der Waals surface area contributed by atoms with Crippen molar-refractivity contribution in [2.24, 2.45) is 26.7 Å². The summed E-state index contributed by atoms with van der Waals surface area (Å²) < 4.78 is 0. The van der Waals surface area contributed by atoms with E-state index in [4.69, 9.17) is 11.6 Å². The molecule has 0 aliphatic carbocycles. The molecule has 0 atom stereocenters. The lowest BCUT2D eigenvalue weighted by atomic mass is 10.2. The fourth-order valence-electron chi connectivity index (χ4n) is 0.998. The quantitative estimate of drug-likeness (QED) is 0.309. The third-order valence-corrected chi connectivity index (χ3v) is 2.51. The Morgan fingerprint density at radius 1 is 1.25 bits per heavy atom. The van der Waals surface area contributed by atoms with Crippen molar-refractivity contribution >= 4 is 27.0 Å². The molecule has 87 valence electrons. The van der Waals surface area contributed by atoms with Gasteiger partial charge in [0, 0.05) is 29.7 Å². The van der Waals surface area contributed by atoms with Crippen LogP contribution in [0.5, 0.6) is 0 Å². The van der Waals surface area contributed by atoms with Crippen molar-refractivity contribution in [3.05, 3.63) is 11.8 Å². The first kappa shape index (κ1) is 14.6. The van der Waals surface area contributed by atoms with Gasteiger partial charge in [0.1, 0.15) is 10.2 Å². The summed E-state index contributed by atoms with van der Waals surface area (Å²) in [6, 6.07) is 0. The fraction of sp³-hybridized carbons (Fsp3) is 0.500.